The van der Waals surface area contributed by atoms with Crippen molar-refractivity contribution in [3.63, 3.8) is 0 Å². The lowest BCUT2D eigenvalue weighted by atomic mass is 10.1. The molecule has 0 aliphatic carbocycles. The number of carboxylic acid groups (broad SMARTS) is 1. The Labute approximate surface area is 83.2 Å². The summed E-state index contributed by atoms with van der Waals surface area (Å²) in [6.45, 7) is 3.97. The first-order valence-corrected chi connectivity index (χ1v) is 4.87. The second kappa shape index (κ2) is 4.25. The van der Waals surface area contributed by atoms with Crippen molar-refractivity contribution in [2.45, 2.75) is 44.7 Å². The molecule has 5 nitrogen and oxygen atoms in total. The average Bonchev–Trinajstić information content (AvgIpc) is 2.58. The fourth-order valence-corrected chi connectivity index (χ4v) is 1.64. The summed E-state index contributed by atoms with van der Waals surface area (Å²) in [5.74, 6) is -1.77. The van der Waals surface area contributed by atoms with Crippen LogP contribution in [0.2, 0.25) is 0 Å². The summed E-state index contributed by atoms with van der Waals surface area (Å²) in [5.41, 5.74) is 5.42. The van der Waals surface area contributed by atoms with E-state index < -0.39 is 24.0 Å². The number of carboxylic acids is 1. The number of carbonyl (C=O) groups is 1. The van der Waals surface area contributed by atoms with E-state index in [2.05, 4.69) is 0 Å². The molecule has 1 fully saturated rings. The first-order valence-electron chi connectivity index (χ1n) is 4.87. The fourth-order valence-electron chi connectivity index (χ4n) is 1.64. The van der Waals surface area contributed by atoms with E-state index in [1.165, 1.54) is 0 Å². The molecule has 0 spiro atoms. The van der Waals surface area contributed by atoms with E-state index in [1.54, 1.807) is 0 Å². The number of hydrogen-bond donors (Lipinski definition) is 2. The van der Waals surface area contributed by atoms with Gasteiger partial charge in [0.1, 0.15) is 6.10 Å². The Kier molecular flexibility index (Phi) is 3.47. The number of aliphatic carboxylic acids is 1. The number of nitrogens with two attached hydrogens (primary N) is 1. The normalized spacial score (nSPS) is 30.5. The third kappa shape index (κ3) is 1.89. The van der Waals surface area contributed by atoms with Crippen LogP contribution in [0.4, 0.5) is 0 Å². The minimum Gasteiger partial charge on any atom is -0.479 e. The van der Waals surface area contributed by atoms with Gasteiger partial charge in [-0.15, -0.1) is 0 Å². The van der Waals surface area contributed by atoms with Crippen LogP contribution < -0.4 is 5.73 Å². The maximum atomic E-state index is 10.8. The lowest BCUT2D eigenvalue weighted by molar-refractivity contribution is -0.185. The summed E-state index contributed by atoms with van der Waals surface area (Å²) in [5, 5.41) is 8.88. The Bertz CT molecular complexity index is 215. The molecule has 5 heteroatoms. The number of rotatable bonds is 4. The second-order valence-corrected chi connectivity index (χ2v) is 3.39. The standard InChI is InChI=1S/C9H17NO4/c1-3-9(4-2)13-6(5-10)7(14-9)8(11)12/h6-7H,3-5,10H2,1-2H3,(H,11,12)/t6-,7-/m0/s1. The molecular formula is C9H17NO4. The Hall–Kier alpha value is -0.650. The minimum absolute atomic E-state index is 0.165. The van der Waals surface area contributed by atoms with Gasteiger partial charge in [0.15, 0.2) is 11.9 Å². The minimum atomic E-state index is -1.01. The molecule has 0 saturated carbocycles. The van der Waals surface area contributed by atoms with Crippen molar-refractivity contribution < 1.29 is 19.4 Å². The molecule has 1 rings (SSSR count). The third-order valence-corrected chi connectivity index (χ3v) is 2.60. The maximum Gasteiger partial charge on any atom is 0.335 e. The van der Waals surface area contributed by atoms with Gasteiger partial charge in [0.05, 0.1) is 0 Å². The van der Waals surface area contributed by atoms with Crippen LogP contribution in [-0.2, 0) is 14.3 Å². The molecule has 0 aromatic rings. The summed E-state index contributed by atoms with van der Waals surface area (Å²) in [7, 11) is 0. The Balaban J connectivity index is 2.77. The zero-order valence-corrected chi connectivity index (χ0v) is 8.53. The molecule has 0 radical (unpaired) electrons. The highest BCUT2D eigenvalue weighted by Crippen LogP contribution is 2.34. The summed E-state index contributed by atoms with van der Waals surface area (Å²) in [6.07, 6.45) is -0.208. The van der Waals surface area contributed by atoms with Crippen molar-refractivity contribution in [2.24, 2.45) is 5.73 Å². The third-order valence-electron chi connectivity index (χ3n) is 2.60. The Morgan fingerprint density at radius 3 is 2.29 bits per heavy atom. The summed E-state index contributed by atoms with van der Waals surface area (Å²) in [4.78, 5) is 10.8. The predicted molar refractivity (Wildman–Crippen MR) is 49.7 cm³/mol. The molecule has 1 heterocycles. The van der Waals surface area contributed by atoms with E-state index in [0.717, 1.165) is 0 Å². The van der Waals surface area contributed by atoms with Gasteiger partial charge in [0.25, 0.3) is 0 Å². The Morgan fingerprint density at radius 1 is 1.43 bits per heavy atom. The zero-order valence-electron chi connectivity index (χ0n) is 8.53. The molecule has 82 valence electrons. The van der Waals surface area contributed by atoms with E-state index in [9.17, 15) is 4.79 Å². The van der Waals surface area contributed by atoms with Crippen LogP contribution in [0.1, 0.15) is 26.7 Å². The molecule has 1 saturated heterocycles. The topological polar surface area (TPSA) is 81.8 Å². The lowest BCUT2D eigenvalue weighted by Gasteiger charge is -2.24. The van der Waals surface area contributed by atoms with Crippen molar-refractivity contribution >= 4 is 5.97 Å². The monoisotopic (exact) mass is 203 g/mol. The van der Waals surface area contributed by atoms with Gasteiger partial charge in [-0.2, -0.15) is 0 Å². The molecule has 2 atom stereocenters. The molecule has 0 aromatic carbocycles. The van der Waals surface area contributed by atoms with Gasteiger partial charge in [-0.1, -0.05) is 13.8 Å². The van der Waals surface area contributed by atoms with Crippen LogP contribution in [0, 0.1) is 0 Å². The molecule has 1 aliphatic heterocycles. The summed E-state index contributed by atoms with van der Waals surface area (Å²) >= 11 is 0. The van der Waals surface area contributed by atoms with Gasteiger partial charge < -0.3 is 20.3 Å². The van der Waals surface area contributed by atoms with Gasteiger partial charge in [0.2, 0.25) is 0 Å². The lowest BCUT2D eigenvalue weighted by Crippen LogP contribution is -2.36. The zero-order chi connectivity index (χ0) is 10.8. The number of hydrogen-bond acceptors (Lipinski definition) is 4. The smallest absolute Gasteiger partial charge is 0.335 e. The predicted octanol–water partition coefficient (Wildman–Crippen LogP) is 0.330. The van der Waals surface area contributed by atoms with Crippen molar-refractivity contribution in [3.05, 3.63) is 0 Å². The molecule has 0 bridgehead atoms. The molecule has 0 amide bonds. The highest BCUT2D eigenvalue weighted by Gasteiger charge is 2.48. The maximum absolute atomic E-state index is 10.8. The SMILES string of the molecule is CCC1(CC)O[C@@H](CN)[C@@H](C(=O)O)O1. The van der Waals surface area contributed by atoms with Crippen LogP contribution in [0.25, 0.3) is 0 Å². The molecule has 1 aliphatic rings. The number of ether oxygens (including phenoxy) is 2. The molecular weight excluding hydrogens is 186 g/mol. The van der Waals surface area contributed by atoms with E-state index in [4.69, 9.17) is 20.3 Å². The van der Waals surface area contributed by atoms with Crippen LogP contribution in [0.15, 0.2) is 0 Å². The average molecular weight is 203 g/mol. The van der Waals surface area contributed by atoms with Crippen molar-refractivity contribution in [1.82, 2.24) is 0 Å². The van der Waals surface area contributed by atoms with Gasteiger partial charge in [0, 0.05) is 6.54 Å². The fraction of sp³-hybridized carbons (Fsp3) is 0.889. The van der Waals surface area contributed by atoms with Crippen LogP contribution >= 0.6 is 0 Å². The van der Waals surface area contributed by atoms with E-state index >= 15 is 0 Å². The van der Waals surface area contributed by atoms with E-state index in [1.807, 2.05) is 13.8 Å². The molecule has 0 unspecified atom stereocenters. The van der Waals surface area contributed by atoms with Gasteiger partial charge >= 0.3 is 5.97 Å². The second-order valence-electron chi connectivity index (χ2n) is 3.39. The highest BCUT2D eigenvalue weighted by molar-refractivity contribution is 5.73. The quantitative estimate of drug-likeness (QED) is 0.688. The van der Waals surface area contributed by atoms with Gasteiger partial charge in [-0.25, -0.2) is 4.79 Å². The largest absolute Gasteiger partial charge is 0.479 e. The van der Waals surface area contributed by atoms with E-state index in [0.29, 0.717) is 12.8 Å². The van der Waals surface area contributed by atoms with Gasteiger partial charge in [-0.05, 0) is 12.8 Å². The van der Waals surface area contributed by atoms with Crippen molar-refractivity contribution in [1.29, 1.82) is 0 Å². The van der Waals surface area contributed by atoms with Crippen LogP contribution in [0.3, 0.4) is 0 Å². The molecule has 3 N–H and O–H groups in total. The van der Waals surface area contributed by atoms with Crippen molar-refractivity contribution in [3.8, 4) is 0 Å². The summed E-state index contributed by atoms with van der Waals surface area (Å²) in [6, 6.07) is 0. The first kappa shape index (κ1) is 11.4. The first-order chi connectivity index (χ1) is 6.58. The highest BCUT2D eigenvalue weighted by atomic mass is 16.8. The van der Waals surface area contributed by atoms with Crippen LogP contribution in [-0.4, -0.2) is 35.6 Å². The molecule has 0 aromatic heterocycles. The Morgan fingerprint density at radius 2 is 2.00 bits per heavy atom. The summed E-state index contributed by atoms with van der Waals surface area (Å²) < 4.78 is 11.0. The van der Waals surface area contributed by atoms with Crippen molar-refractivity contribution in [2.75, 3.05) is 6.54 Å². The van der Waals surface area contributed by atoms with Crippen LogP contribution in [0.5, 0.6) is 0 Å². The molecule has 14 heavy (non-hydrogen) atoms. The van der Waals surface area contributed by atoms with Gasteiger partial charge in [-0.3, -0.25) is 0 Å². The van der Waals surface area contributed by atoms with E-state index in [-0.39, 0.29) is 6.54 Å².